The second-order valence-corrected chi connectivity index (χ2v) is 12.7. The lowest BCUT2D eigenvalue weighted by Crippen LogP contribution is -2.55. The van der Waals surface area contributed by atoms with Gasteiger partial charge in [-0.15, -0.1) is 0 Å². The first kappa shape index (κ1) is 36.5. The van der Waals surface area contributed by atoms with Gasteiger partial charge in [0, 0.05) is 31.1 Å². The van der Waals surface area contributed by atoms with Crippen LogP contribution in [0.1, 0.15) is 76.3 Å². The number of rotatable bonds is 16. The average Bonchev–Trinajstić information content (AvgIpc) is 3.04. The lowest BCUT2D eigenvalue weighted by atomic mass is 9.84. The zero-order valence-corrected chi connectivity index (χ0v) is 27.8. The van der Waals surface area contributed by atoms with E-state index >= 15 is 0 Å². The molecular weight excluding hydrogens is 608 g/mol. The van der Waals surface area contributed by atoms with E-state index in [-0.39, 0.29) is 37.3 Å². The van der Waals surface area contributed by atoms with Crippen LogP contribution in [-0.4, -0.2) is 66.2 Å². The number of Topliss-reactive ketones (excluding diaryl/α,β-unsaturated/α-hetero) is 1. The topological polar surface area (TPSA) is 134 Å². The van der Waals surface area contributed by atoms with Crippen LogP contribution in [-0.2, 0) is 36.9 Å². The number of carbonyl (C=O) groups excluding carboxylic acids is 5. The van der Waals surface area contributed by atoms with Gasteiger partial charge in [0.1, 0.15) is 12.6 Å². The van der Waals surface area contributed by atoms with Crippen molar-refractivity contribution >= 4 is 41.2 Å². The number of ether oxygens (including phenoxy) is 1. The number of hydrogen-bond donors (Lipinski definition) is 3. The summed E-state index contributed by atoms with van der Waals surface area (Å²) < 4.78 is 5.38. The fourth-order valence-electron chi connectivity index (χ4n) is 5.50. The maximum Gasteiger partial charge on any atom is 0.408 e. The maximum atomic E-state index is 13.7. The minimum Gasteiger partial charge on any atom is -0.445 e. The second-order valence-electron chi connectivity index (χ2n) is 12.3. The highest BCUT2D eigenvalue weighted by Crippen LogP contribution is 2.27. The first-order valence-electron chi connectivity index (χ1n) is 16.1. The van der Waals surface area contributed by atoms with Gasteiger partial charge >= 0.3 is 6.09 Å². The highest BCUT2D eigenvalue weighted by molar-refractivity contribution is 6.38. The molecule has 0 saturated heterocycles. The number of amides is 4. The number of nitrogens with zero attached hydrogens (tertiary/aromatic N) is 1. The Labute approximate surface area is 277 Å². The molecule has 11 heteroatoms. The molecule has 0 bridgehead atoms. The molecule has 0 aromatic heterocycles. The van der Waals surface area contributed by atoms with E-state index < -0.39 is 35.8 Å². The lowest BCUT2D eigenvalue weighted by Gasteiger charge is -2.28. The van der Waals surface area contributed by atoms with Crippen LogP contribution in [0.2, 0.25) is 5.02 Å². The smallest absolute Gasteiger partial charge is 0.408 e. The third-order valence-corrected chi connectivity index (χ3v) is 8.32. The Morgan fingerprint density at radius 2 is 1.59 bits per heavy atom. The Balaban J connectivity index is 1.68. The van der Waals surface area contributed by atoms with Crippen LogP contribution in [0.25, 0.3) is 0 Å². The fourth-order valence-corrected chi connectivity index (χ4v) is 5.72. The zero-order valence-electron chi connectivity index (χ0n) is 27.1. The standard InChI is InChI=1S/C35H47ClN4O6/c1-24(2)37-34(44)32(42)29(17-18-31(41)40(3)20-19-25-11-6-4-7-12-25)38-33(43)30(22-26-13-8-5-9-14-26)39-35(45)46-23-27-15-10-16-28(36)21-27/h4,6-7,10-12,15-16,21,24,26,29-30H,5,8-9,13-14,17-20,22-23H2,1-3H3,(H,37,44)(H,38,43)(H,39,45). The number of halogens is 1. The van der Waals surface area contributed by atoms with Gasteiger partial charge in [-0.1, -0.05) is 86.2 Å². The molecule has 4 amide bonds. The summed E-state index contributed by atoms with van der Waals surface area (Å²) in [6, 6.07) is 14.1. The molecule has 1 aliphatic rings. The van der Waals surface area contributed by atoms with Crippen LogP contribution in [0.5, 0.6) is 0 Å². The zero-order chi connectivity index (χ0) is 33.5. The van der Waals surface area contributed by atoms with Gasteiger partial charge in [-0.25, -0.2) is 4.79 Å². The molecule has 2 unspecified atom stereocenters. The van der Waals surface area contributed by atoms with Crippen LogP contribution in [0, 0.1) is 5.92 Å². The van der Waals surface area contributed by atoms with Crippen molar-refractivity contribution in [3.8, 4) is 0 Å². The van der Waals surface area contributed by atoms with Crippen LogP contribution in [0.3, 0.4) is 0 Å². The van der Waals surface area contributed by atoms with Gasteiger partial charge in [-0.05, 0) is 62.3 Å². The highest BCUT2D eigenvalue weighted by atomic mass is 35.5. The molecule has 0 spiro atoms. The Morgan fingerprint density at radius 3 is 2.26 bits per heavy atom. The minimum atomic E-state index is -1.25. The molecular formula is C35H47ClN4O6. The predicted molar refractivity (Wildman–Crippen MR) is 177 cm³/mol. The van der Waals surface area contributed by atoms with Gasteiger partial charge in [0.2, 0.25) is 17.6 Å². The van der Waals surface area contributed by atoms with E-state index in [1.807, 2.05) is 30.3 Å². The monoisotopic (exact) mass is 654 g/mol. The van der Waals surface area contributed by atoms with Crippen molar-refractivity contribution in [1.82, 2.24) is 20.9 Å². The molecule has 2 atom stereocenters. The maximum absolute atomic E-state index is 13.7. The highest BCUT2D eigenvalue weighted by Gasteiger charge is 2.33. The van der Waals surface area contributed by atoms with E-state index in [0.29, 0.717) is 30.0 Å². The van der Waals surface area contributed by atoms with Crippen LogP contribution < -0.4 is 16.0 Å². The van der Waals surface area contributed by atoms with Crippen LogP contribution >= 0.6 is 11.6 Å². The summed E-state index contributed by atoms with van der Waals surface area (Å²) in [4.78, 5) is 67.1. The summed E-state index contributed by atoms with van der Waals surface area (Å²) in [5.74, 6) is -2.31. The van der Waals surface area contributed by atoms with Crippen molar-refractivity contribution in [2.24, 2.45) is 5.92 Å². The molecule has 0 radical (unpaired) electrons. The fraction of sp³-hybridized carbons (Fsp3) is 0.514. The molecule has 0 heterocycles. The third-order valence-electron chi connectivity index (χ3n) is 8.09. The van der Waals surface area contributed by atoms with Gasteiger partial charge in [-0.3, -0.25) is 19.2 Å². The molecule has 10 nitrogen and oxygen atoms in total. The molecule has 2 aromatic rings. The SMILES string of the molecule is CC(C)NC(=O)C(=O)C(CCC(=O)N(C)CCc1ccccc1)NC(=O)C(CC1CCCCC1)NC(=O)OCc1cccc(Cl)c1. The first-order chi connectivity index (χ1) is 22.0. The summed E-state index contributed by atoms with van der Waals surface area (Å²) in [6.07, 6.45) is 5.16. The van der Waals surface area contributed by atoms with Crippen LogP contribution in [0.4, 0.5) is 4.79 Å². The molecule has 1 fully saturated rings. The Morgan fingerprint density at radius 1 is 0.891 bits per heavy atom. The van der Waals surface area contributed by atoms with Gasteiger partial charge in [0.05, 0.1) is 6.04 Å². The molecule has 2 aromatic carbocycles. The van der Waals surface area contributed by atoms with E-state index in [9.17, 15) is 24.0 Å². The van der Waals surface area contributed by atoms with Crippen molar-refractivity contribution in [1.29, 1.82) is 0 Å². The van der Waals surface area contributed by atoms with Crippen molar-refractivity contribution in [3.63, 3.8) is 0 Å². The first-order valence-corrected chi connectivity index (χ1v) is 16.5. The quantitative estimate of drug-likeness (QED) is 0.219. The van der Waals surface area contributed by atoms with E-state index in [4.69, 9.17) is 16.3 Å². The number of hydrogen-bond acceptors (Lipinski definition) is 6. The number of alkyl carbamates (subject to hydrolysis) is 1. The molecule has 1 saturated carbocycles. The normalized spacial score (nSPS) is 14.5. The van der Waals surface area contributed by atoms with E-state index in [1.54, 1.807) is 50.1 Å². The van der Waals surface area contributed by atoms with Crippen LogP contribution in [0.15, 0.2) is 54.6 Å². The minimum absolute atomic E-state index is 0.0411. The van der Waals surface area contributed by atoms with Crippen molar-refractivity contribution in [2.75, 3.05) is 13.6 Å². The van der Waals surface area contributed by atoms with Gasteiger partial charge in [0.15, 0.2) is 0 Å². The van der Waals surface area contributed by atoms with Crippen molar-refractivity contribution in [2.45, 2.75) is 96.4 Å². The number of likely N-dealkylation sites (N-methyl/N-ethyl adjacent to an activating group) is 1. The summed E-state index contributed by atoms with van der Waals surface area (Å²) in [7, 11) is 1.69. The second kappa shape index (κ2) is 18.9. The van der Waals surface area contributed by atoms with Crippen molar-refractivity contribution in [3.05, 3.63) is 70.7 Å². The summed E-state index contributed by atoms with van der Waals surface area (Å²) in [5.41, 5.74) is 1.78. The molecule has 46 heavy (non-hydrogen) atoms. The number of carbonyl (C=O) groups is 5. The van der Waals surface area contributed by atoms with E-state index in [1.165, 1.54) is 0 Å². The van der Waals surface area contributed by atoms with E-state index in [0.717, 1.165) is 37.7 Å². The number of ketones is 1. The molecule has 3 rings (SSSR count). The molecule has 3 N–H and O–H groups in total. The number of nitrogens with one attached hydrogen (secondary N) is 3. The average molecular weight is 655 g/mol. The van der Waals surface area contributed by atoms with Gasteiger partial charge < -0.3 is 25.6 Å². The lowest BCUT2D eigenvalue weighted by molar-refractivity contribution is -0.141. The largest absolute Gasteiger partial charge is 0.445 e. The Hall–Kier alpha value is -3.92. The summed E-state index contributed by atoms with van der Waals surface area (Å²) >= 11 is 6.03. The Bertz CT molecular complexity index is 1320. The molecule has 1 aliphatic carbocycles. The van der Waals surface area contributed by atoms with E-state index in [2.05, 4.69) is 16.0 Å². The van der Waals surface area contributed by atoms with Gasteiger partial charge in [-0.2, -0.15) is 0 Å². The van der Waals surface area contributed by atoms with Gasteiger partial charge in [0.25, 0.3) is 5.91 Å². The predicted octanol–water partition coefficient (Wildman–Crippen LogP) is 4.97. The third kappa shape index (κ3) is 12.8. The van der Waals surface area contributed by atoms with Crippen molar-refractivity contribution < 1.29 is 28.7 Å². The summed E-state index contributed by atoms with van der Waals surface area (Å²) in [5, 5.41) is 8.45. The molecule has 0 aliphatic heterocycles. The Kier molecular flexibility index (Phi) is 15.0. The summed E-state index contributed by atoms with van der Waals surface area (Å²) in [6.45, 7) is 3.89. The number of benzene rings is 2. The molecule has 250 valence electrons.